The number of carbonyl (C=O) groups excluding carboxylic acids is 2. The topological polar surface area (TPSA) is 73.2 Å². The number of benzene rings is 1. The SMILES string of the molecule is CCCCOC(=O)c1ccc(NC(=O)c2csc(-n3cccc3)n2)cc1. The molecule has 0 fully saturated rings. The summed E-state index contributed by atoms with van der Waals surface area (Å²) in [6.45, 7) is 2.45. The van der Waals surface area contributed by atoms with Crippen LogP contribution in [-0.4, -0.2) is 28.0 Å². The van der Waals surface area contributed by atoms with Crippen molar-refractivity contribution in [3.05, 3.63) is 65.4 Å². The van der Waals surface area contributed by atoms with Crippen LogP contribution in [0.15, 0.2) is 54.2 Å². The molecule has 3 rings (SSSR count). The van der Waals surface area contributed by atoms with Crippen LogP contribution in [0.2, 0.25) is 0 Å². The van der Waals surface area contributed by atoms with E-state index >= 15 is 0 Å². The van der Waals surface area contributed by atoms with E-state index in [1.807, 2.05) is 36.0 Å². The van der Waals surface area contributed by atoms with Gasteiger partial charge in [-0.1, -0.05) is 13.3 Å². The molecule has 0 unspecified atom stereocenters. The first-order valence-electron chi connectivity index (χ1n) is 8.35. The number of anilines is 1. The Balaban J connectivity index is 1.60. The van der Waals surface area contributed by atoms with Crippen molar-refractivity contribution in [1.82, 2.24) is 9.55 Å². The van der Waals surface area contributed by atoms with Gasteiger partial charge in [0.1, 0.15) is 5.69 Å². The molecule has 2 aromatic heterocycles. The van der Waals surface area contributed by atoms with Gasteiger partial charge in [-0.25, -0.2) is 9.78 Å². The minimum Gasteiger partial charge on any atom is -0.462 e. The number of carbonyl (C=O) groups is 2. The van der Waals surface area contributed by atoms with Crippen molar-refractivity contribution >= 4 is 28.9 Å². The maximum atomic E-state index is 12.3. The first kappa shape index (κ1) is 17.9. The predicted octanol–water partition coefficient (Wildman–Crippen LogP) is 4.14. The van der Waals surface area contributed by atoms with Gasteiger partial charge in [-0.05, 0) is 42.8 Å². The van der Waals surface area contributed by atoms with Crippen LogP contribution in [0.3, 0.4) is 0 Å². The van der Waals surface area contributed by atoms with Crippen LogP contribution >= 0.6 is 11.3 Å². The lowest BCUT2D eigenvalue weighted by Crippen LogP contribution is -2.13. The molecule has 0 aliphatic carbocycles. The summed E-state index contributed by atoms with van der Waals surface area (Å²) in [5.74, 6) is -0.648. The zero-order valence-corrected chi connectivity index (χ0v) is 15.2. The number of ether oxygens (including phenoxy) is 1. The molecular formula is C19H19N3O3S. The number of nitrogens with zero attached hydrogens (tertiary/aromatic N) is 2. The van der Waals surface area contributed by atoms with E-state index in [2.05, 4.69) is 10.3 Å². The largest absolute Gasteiger partial charge is 0.462 e. The summed E-state index contributed by atoms with van der Waals surface area (Å²) in [6.07, 6.45) is 5.57. The van der Waals surface area contributed by atoms with Gasteiger partial charge in [0.2, 0.25) is 0 Å². The highest BCUT2D eigenvalue weighted by Gasteiger charge is 2.12. The summed E-state index contributed by atoms with van der Waals surface area (Å²) in [5.41, 5.74) is 1.40. The molecule has 134 valence electrons. The Morgan fingerprint density at radius 1 is 1.19 bits per heavy atom. The minimum absolute atomic E-state index is 0.294. The van der Waals surface area contributed by atoms with Gasteiger partial charge in [0.25, 0.3) is 5.91 Å². The van der Waals surface area contributed by atoms with E-state index in [0.717, 1.165) is 18.0 Å². The third-order valence-electron chi connectivity index (χ3n) is 3.66. The quantitative estimate of drug-likeness (QED) is 0.502. The zero-order valence-electron chi connectivity index (χ0n) is 14.3. The number of esters is 1. The van der Waals surface area contributed by atoms with Gasteiger partial charge in [-0.3, -0.25) is 4.79 Å². The summed E-state index contributed by atoms with van der Waals surface area (Å²) in [4.78, 5) is 28.5. The van der Waals surface area contributed by atoms with Crippen LogP contribution in [0.1, 0.15) is 40.6 Å². The van der Waals surface area contributed by atoms with Gasteiger partial charge in [-0.2, -0.15) is 0 Å². The highest BCUT2D eigenvalue weighted by Crippen LogP contribution is 2.17. The Labute approximate surface area is 155 Å². The van der Waals surface area contributed by atoms with Gasteiger partial charge in [0, 0.05) is 23.5 Å². The fourth-order valence-corrected chi connectivity index (χ4v) is 3.00. The highest BCUT2D eigenvalue weighted by molar-refractivity contribution is 7.12. The monoisotopic (exact) mass is 369 g/mol. The lowest BCUT2D eigenvalue weighted by Gasteiger charge is -2.06. The van der Waals surface area contributed by atoms with Crippen molar-refractivity contribution in [2.24, 2.45) is 0 Å². The summed E-state index contributed by atoms with van der Waals surface area (Å²) in [6, 6.07) is 10.4. The third kappa shape index (κ3) is 4.37. The standard InChI is InChI=1S/C19H19N3O3S/c1-2-3-12-25-18(24)14-6-8-15(9-7-14)20-17(23)16-13-26-19(21-16)22-10-4-5-11-22/h4-11,13H,2-3,12H2,1H3,(H,20,23). The average molecular weight is 369 g/mol. The molecule has 2 heterocycles. The number of hydrogen-bond acceptors (Lipinski definition) is 5. The van der Waals surface area contributed by atoms with E-state index in [-0.39, 0.29) is 11.9 Å². The van der Waals surface area contributed by atoms with Crippen LogP contribution in [0.4, 0.5) is 5.69 Å². The van der Waals surface area contributed by atoms with Crippen molar-refractivity contribution in [2.45, 2.75) is 19.8 Å². The second kappa shape index (κ2) is 8.44. The lowest BCUT2D eigenvalue weighted by atomic mass is 10.2. The molecule has 0 saturated heterocycles. The predicted molar refractivity (Wildman–Crippen MR) is 101 cm³/mol. The van der Waals surface area contributed by atoms with Crippen molar-refractivity contribution in [3.8, 4) is 5.13 Å². The Hall–Kier alpha value is -2.93. The number of unbranched alkanes of at least 4 members (excludes halogenated alkanes) is 1. The number of nitrogens with one attached hydrogen (secondary N) is 1. The second-order valence-corrected chi connectivity index (χ2v) is 6.46. The van der Waals surface area contributed by atoms with E-state index in [1.54, 1.807) is 29.6 Å². The molecule has 0 aliphatic rings. The van der Waals surface area contributed by atoms with Crippen LogP contribution in [-0.2, 0) is 4.74 Å². The molecule has 0 atom stereocenters. The summed E-state index contributed by atoms with van der Waals surface area (Å²) in [5, 5.41) is 5.22. The van der Waals surface area contributed by atoms with Crippen molar-refractivity contribution in [3.63, 3.8) is 0 Å². The molecule has 0 spiro atoms. The lowest BCUT2D eigenvalue weighted by molar-refractivity contribution is 0.0499. The van der Waals surface area contributed by atoms with Crippen LogP contribution < -0.4 is 5.32 Å². The fourth-order valence-electron chi connectivity index (χ4n) is 2.23. The summed E-state index contributed by atoms with van der Waals surface area (Å²) < 4.78 is 7.01. The van der Waals surface area contributed by atoms with E-state index in [1.165, 1.54) is 11.3 Å². The smallest absolute Gasteiger partial charge is 0.338 e. The van der Waals surface area contributed by atoms with Crippen molar-refractivity contribution in [2.75, 3.05) is 11.9 Å². The van der Waals surface area contributed by atoms with Gasteiger partial charge in [-0.15, -0.1) is 11.3 Å². The first-order valence-corrected chi connectivity index (χ1v) is 9.22. The van der Waals surface area contributed by atoms with Gasteiger partial charge in [0.15, 0.2) is 5.13 Å². The molecule has 0 saturated carbocycles. The molecule has 0 aliphatic heterocycles. The maximum Gasteiger partial charge on any atom is 0.338 e. The van der Waals surface area contributed by atoms with Crippen LogP contribution in [0.5, 0.6) is 0 Å². The number of hydrogen-bond donors (Lipinski definition) is 1. The third-order valence-corrected chi connectivity index (χ3v) is 4.51. The van der Waals surface area contributed by atoms with Gasteiger partial charge < -0.3 is 14.6 Å². The van der Waals surface area contributed by atoms with Crippen molar-refractivity contribution < 1.29 is 14.3 Å². The van der Waals surface area contributed by atoms with Crippen LogP contribution in [0, 0.1) is 0 Å². The Bertz CT molecular complexity index is 870. The average Bonchev–Trinajstić information content (AvgIpc) is 3.34. The molecular weight excluding hydrogens is 350 g/mol. The van der Waals surface area contributed by atoms with Gasteiger partial charge >= 0.3 is 5.97 Å². The molecule has 6 nitrogen and oxygen atoms in total. The fraction of sp³-hybridized carbons (Fsp3) is 0.211. The highest BCUT2D eigenvalue weighted by atomic mass is 32.1. The molecule has 7 heteroatoms. The normalized spacial score (nSPS) is 10.5. The van der Waals surface area contributed by atoms with E-state index in [0.29, 0.717) is 23.6 Å². The summed E-state index contributed by atoms with van der Waals surface area (Å²) in [7, 11) is 0. The number of rotatable bonds is 7. The molecule has 1 aromatic carbocycles. The molecule has 3 aromatic rings. The number of thiazole rings is 1. The summed E-state index contributed by atoms with van der Waals surface area (Å²) >= 11 is 1.39. The molecule has 26 heavy (non-hydrogen) atoms. The molecule has 0 radical (unpaired) electrons. The Kier molecular flexibility index (Phi) is 5.80. The minimum atomic E-state index is -0.354. The number of amides is 1. The van der Waals surface area contributed by atoms with E-state index in [9.17, 15) is 9.59 Å². The van der Waals surface area contributed by atoms with E-state index < -0.39 is 0 Å². The molecule has 1 amide bonds. The van der Waals surface area contributed by atoms with Crippen molar-refractivity contribution in [1.29, 1.82) is 0 Å². The number of aromatic nitrogens is 2. The Morgan fingerprint density at radius 2 is 1.92 bits per heavy atom. The second-order valence-electron chi connectivity index (χ2n) is 5.63. The Morgan fingerprint density at radius 3 is 2.62 bits per heavy atom. The first-order chi connectivity index (χ1) is 12.7. The molecule has 1 N–H and O–H groups in total. The molecule has 0 bridgehead atoms. The van der Waals surface area contributed by atoms with Crippen LogP contribution in [0.25, 0.3) is 5.13 Å². The zero-order chi connectivity index (χ0) is 18.4. The maximum absolute atomic E-state index is 12.3. The van der Waals surface area contributed by atoms with E-state index in [4.69, 9.17) is 4.74 Å². The van der Waals surface area contributed by atoms with Gasteiger partial charge in [0.05, 0.1) is 12.2 Å².